The molecule has 0 aromatic heterocycles. The smallest absolute Gasteiger partial charge is 0.0333 e. The first-order chi connectivity index (χ1) is 10.2. The molecule has 1 aliphatic carbocycles. The predicted octanol–water partition coefficient (Wildman–Crippen LogP) is 3.83. The minimum atomic E-state index is 0.162. The third kappa shape index (κ3) is 3.67. The SMILES string of the molecule is CC(CN1CCC2CCCCC2C1)C(N)c1ccccc1. The van der Waals surface area contributed by atoms with E-state index in [9.17, 15) is 0 Å². The Hall–Kier alpha value is -0.860. The number of nitrogens with two attached hydrogens (primary N) is 1. The van der Waals surface area contributed by atoms with Gasteiger partial charge in [0, 0.05) is 19.1 Å². The Labute approximate surface area is 129 Å². The molecule has 116 valence electrons. The normalized spacial score (nSPS) is 29.6. The van der Waals surface area contributed by atoms with Crippen molar-refractivity contribution in [3.8, 4) is 0 Å². The second-order valence-corrected chi connectivity index (χ2v) is 7.27. The first kappa shape index (κ1) is 15.1. The summed E-state index contributed by atoms with van der Waals surface area (Å²) in [5.41, 5.74) is 7.74. The van der Waals surface area contributed by atoms with Gasteiger partial charge >= 0.3 is 0 Å². The van der Waals surface area contributed by atoms with E-state index in [-0.39, 0.29) is 6.04 Å². The highest BCUT2D eigenvalue weighted by molar-refractivity contribution is 5.19. The summed E-state index contributed by atoms with van der Waals surface area (Å²) in [7, 11) is 0. The average molecular weight is 286 g/mol. The van der Waals surface area contributed by atoms with Crippen LogP contribution >= 0.6 is 0 Å². The van der Waals surface area contributed by atoms with Gasteiger partial charge in [0.1, 0.15) is 0 Å². The van der Waals surface area contributed by atoms with Crippen LogP contribution in [0.25, 0.3) is 0 Å². The molecular weight excluding hydrogens is 256 g/mol. The van der Waals surface area contributed by atoms with Gasteiger partial charge in [-0.05, 0) is 42.7 Å². The van der Waals surface area contributed by atoms with Gasteiger partial charge in [0.15, 0.2) is 0 Å². The van der Waals surface area contributed by atoms with Gasteiger partial charge in [-0.3, -0.25) is 0 Å². The van der Waals surface area contributed by atoms with Crippen LogP contribution in [-0.2, 0) is 0 Å². The van der Waals surface area contributed by atoms with Crippen molar-refractivity contribution in [1.82, 2.24) is 4.90 Å². The third-order valence-corrected chi connectivity index (χ3v) is 5.72. The molecular formula is C19H30N2. The van der Waals surface area contributed by atoms with Gasteiger partial charge in [0.05, 0.1) is 0 Å². The number of hydrogen-bond acceptors (Lipinski definition) is 2. The van der Waals surface area contributed by atoms with Crippen molar-refractivity contribution in [2.75, 3.05) is 19.6 Å². The van der Waals surface area contributed by atoms with E-state index in [1.165, 1.54) is 50.8 Å². The number of nitrogens with zero attached hydrogens (tertiary/aromatic N) is 1. The lowest BCUT2D eigenvalue weighted by Crippen LogP contribution is -2.44. The Kier molecular flexibility index (Phi) is 4.97. The van der Waals surface area contributed by atoms with Crippen LogP contribution < -0.4 is 5.73 Å². The fourth-order valence-electron chi connectivity index (χ4n) is 4.37. The maximum atomic E-state index is 6.46. The van der Waals surface area contributed by atoms with Crippen molar-refractivity contribution in [3.63, 3.8) is 0 Å². The predicted molar refractivity (Wildman–Crippen MR) is 89.0 cm³/mol. The Morgan fingerprint density at radius 1 is 1.10 bits per heavy atom. The van der Waals surface area contributed by atoms with Gasteiger partial charge in [-0.1, -0.05) is 56.5 Å². The summed E-state index contributed by atoms with van der Waals surface area (Å²) < 4.78 is 0. The summed E-state index contributed by atoms with van der Waals surface area (Å²) in [6, 6.07) is 10.7. The van der Waals surface area contributed by atoms with Crippen LogP contribution in [0.4, 0.5) is 0 Å². The fraction of sp³-hybridized carbons (Fsp3) is 0.684. The highest BCUT2D eigenvalue weighted by Crippen LogP contribution is 2.36. The molecule has 1 aromatic rings. The highest BCUT2D eigenvalue weighted by Gasteiger charge is 2.31. The van der Waals surface area contributed by atoms with Crippen molar-refractivity contribution in [3.05, 3.63) is 35.9 Å². The molecule has 1 saturated heterocycles. The molecule has 1 aliphatic heterocycles. The van der Waals surface area contributed by atoms with Crippen molar-refractivity contribution >= 4 is 0 Å². The van der Waals surface area contributed by atoms with Crippen LogP contribution in [0.1, 0.15) is 50.6 Å². The summed E-state index contributed by atoms with van der Waals surface area (Å²) in [5.74, 6) is 2.51. The van der Waals surface area contributed by atoms with E-state index in [4.69, 9.17) is 5.73 Å². The minimum Gasteiger partial charge on any atom is -0.324 e. The molecule has 4 unspecified atom stereocenters. The molecule has 1 heterocycles. The second-order valence-electron chi connectivity index (χ2n) is 7.27. The van der Waals surface area contributed by atoms with E-state index in [1.807, 2.05) is 0 Å². The summed E-state index contributed by atoms with van der Waals surface area (Å²) in [4.78, 5) is 2.68. The lowest BCUT2D eigenvalue weighted by molar-refractivity contribution is 0.0744. The molecule has 0 radical (unpaired) electrons. The topological polar surface area (TPSA) is 29.3 Å². The molecule has 2 aliphatic rings. The van der Waals surface area contributed by atoms with Crippen LogP contribution in [0.15, 0.2) is 30.3 Å². The van der Waals surface area contributed by atoms with Gasteiger partial charge in [0.25, 0.3) is 0 Å². The van der Waals surface area contributed by atoms with Crippen molar-refractivity contribution in [2.24, 2.45) is 23.5 Å². The van der Waals surface area contributed by atoms with E-state index in [2.05, 4.69) is 42.2 Å². The number of likely N-dealkylation sites (tertiary alicyclic amines) is 1. The first-order valence-corrected chi connectivity index (χ1v) is 8.77. The van der Waals surface area contributed by atoms with Crippen molar-refractivity contribution in [2.45, 2.75) is 45.1 Å². The van der Waals surface area contributed by atoms with Gasteiger partial charge in [0.2, 0.25) is 0 Å². The zero-order valence-electron chi connectivity index (χ0n) is 13.4. The van der Waals surface area contributed by atoms with Crippen LogP contribution in [0.2, 0.25) is 0 Å². The monoisotopic (exact) mass is 286 g/mol. The Balaban J connectivity index is 1.54. The molecule has 0 spiro atoms. The zero-order chi connectivity index (χ0) is 14.7. The lowest BCUT2D eigenvalue weighted by atomic mass is 9.75. The summed E-state index contributed by atoms with van der Waals surface area (Å²) in [6.07, 6.45) is 7.28. The Morgan fingerprint density at radius 2 is 1.81 bits per heavy atom. The van der Waals surface area contributed by atoms with Gasteiger partial charge < -0.3 is 10.6 Å². The molecule has 2 nitrogen and oxygen atoms in total. The molecule has 21 heavy (non-hydrogen) atoms. The standard InChI is InChI=1S/C19H30N2/c1-15(19(20)17-8-3-2-4-9-17)13-21-12-11-16-7-5-6-10-18(16)14-21/h2-4,8-9,15-16,18-19H,5-7,10-14,20H2,1H3. The highest BCUT2D eigenvalue weighted by atomic mass is 15.1. The van der Waals surface area contributed by atoms with Gasteiger partial charge in [-0.25, -0.2) is 0 Å². The molecule has 4 atom stereocenters. The van der Waals surface area contributed by atoms with Crippen molar-refractivity contribution in [1.29, 1.82) is 0 Å². The number of hydrogen-bond donors (Lipinski definition) is 1. The van der Waals surface area contributed by atoms with Crippen LogP contribution in [0.3, 0.4) is 0 Å². The lowest BCUT2D eigenvalue weighted by Gasteiger charge is -2.42. The number of rotatable bonds is 4. The maximum Gasteiger partial charge on any atom is 0.0333 e. The van der Waals surface area contributed by atoms with Gasteiger partial charge in [-0.15, -0.1) is 0 Å². The van der Waals surface area contributed by atoms with Crippen LogP contribution in [0.5, 0.6) is 0 Å². The summed E-state index contributed by atoms with van der Waals surface area (Å²) in [5, 5.41) is 0. The Morgan fingerprint density at radius 3 is 2.57 bits per heavy atom. The molecule has 0 amide bonds. The molecule has 2 fully saturated rings. The van der Waals surface area contributed by atoms with Gasteiger partial charge in [-0.2, -0.15) is 0 Å². The summed E-state index contributed by atoms with van der Waals surface area (Å²) in [6.45, 7) is 6.06. The largest absolute Gasteiger partial charge is 0.324 e. The third-order valence-electron chi connectivity index (χ3n) is 5.72. The molecule has 1 saturated carbocycles. The average Bonchev–Trinajstić information content (AvgIpc) is 2.55. The van der Waals surface area contributed by atoms with Crippen LogP contribution in [-0.4, -0.2) is 24.5 Å². The number of fused-ring (bicyclic) bond motifs is 1. The number of piperidine rings is 1. The first-order valence-electron chi connectivity index (χ1n) is 8.77. The molecule has 2 heteroatoms. The van der Waals surface area contributed by atoms with Crippen molar-refractivity contribution < 1.29 is 0 Å². The van der Waals surface area contributed by atoms with Crippen LogP contribution in [0, 0.1) is 17.8 Å². The molecule has 0 bridgehead atoms. The second kappa shape index (κ2) is 6.93. The Bertz CT molecular complexity index is 430. The van der Waals surface area contributed by atoms with E-state index in [0.717, 1.165) is 18.4 Å². The zero-order valence-corrected chi connectivity index (χ0v) is 13.4. The number of benzene rings is 1. The quantitative estimate of drug-likeness (QED) is 0.911. The molecule has 1 aromatic carbocycles. The minimum absolute atomic E-state index is 0.162. The van der Waals surface area contributed by atoms with E-state index in [0.29, 0.717) is 5.92 Å². The van der Waals surface area contributed by atoms with E-state index < -0.39 is 0 Å². The van der Waals surface area contributed by atoms with E-state index >= 15 is 0 Å². The molecule has 3 rings (SSSR count). The maximum absolute atomic E-state index is 6.46. The molecule has 2 N–H and O–H groups in total. The van der Waals surface area contributed by atoms with E-state index in [1.54, 1.807) is 0 Å². The fourth-order valence-corrected chi connectivity index (χ4v) is 4.37. The summed E-state index contributed by atoms with van der Waals surface area (Å²) >= 11 is 0.